The van der Waals surface area contributed by atoms with Gasteiger partial charge in [-0.1, -0.05) is 29.8 Å². The van der Waals surface area contributed by atoms with E-state index in [1.54, 1.807) is 42.5 Å². The molecule has 2 amide bonds. The summed E-state index contributed by atoms with van der Waals surface area (Å²) >= 11 is 5.82. The largest absolute Gasteiger partial charge is 0.465 e. The molecule has 0 aliphatic heterocycles. The Hall–Kier alpha value is -2.86. The number of benzene rings is 2. The molecule has 0 heterocycles. The summed E-state index contributed by atoms with van der Waals surface area (Å²) in [5.41, 5.74) is 1.65. The highest BCUT2D eigenvalue weighted by atomic mass is 35.5. The minimum atomic E-state index is -0.417. The summed E-state index contributed by atoms with van der Waals surface area (Å²) in [5, 5.41) is 5.66. The van der Waals surface area contributed by atoms with Gasteiger partial charge in [0.05, 0.1) is 19.2 Å². The fourth-order valence-electron chi connectivity index (χ4n) is 2.03. The molecule has 0 radical (unpaired) electrons. The molecule has 2 N–H and O–H groups in total. The van der Waals surface area contributed by atoms with Gasteiger partial charge in [-0.15, -0.1) is 0 Å². The van der Waals surface area contributed by atoms with Crippen molar-refractivity contribution in [2.75, 3.05) is 13.7 Å². The van der Waals surface area contributed by atoms with Gasteiger partial charge in [-0.25, -0.2) is 4.79 Å². The Morgan fingerprint density at radius 2 is 1.72 bits per heavy atom. The first-order chi connectivity index (χ1) is 12.0. The summed E-state index contributed by atoms with van der Waals surface area (Å²) in [7, 11) is 1.31. The van der Waals surface area contributed by atoms with Gasteiger partial charge in [0.15, 0.2) is 0 Å². The van der Waals surface area contributed by atoms with Crippen LogP contribution >= 0.6 is 11.6 Å². The van der Waals surface area contributed by atoms with Crippen LogP contribution in [0.1, 0.15) is 26.3 Å². The first-order valence-corrected chi connectivity index (χ1v) is 7.85. The van der Waals surface area contributed by atoms with E-state index in [-0.39, 0.29) is 24.9 Å². The van der Waals surface area contributed by atoms with Crippen molar-refractivity contribution in [3.63, 3.8) is 0 Å². The molecule has 0 bridgehead atoms. The minimum Gasteiger partial charge on any atom is -0.465 e. The topological polar surface area (TPSA) is 84.5 Å². The smallest absolute Gasteiger partial charge is 0.337 e. The maximum absolute atomic E-state index is 11.9. The van der Waals surface area contributed by atoms with E-state index in [1.165, 1.54) is 13.2 Å². The second-order valence-corrected chi connectivity index (χ2v) is 5.59. The first-order valence-electron chi connectivity index (χ1n) is 7.47. The molecule has 7 heteroatoms. The summed E-state index contributed by atoms with van der Waals surface area (Å²) in [5.74, 6) is -1.12. The Balaban J connectivity index is 1.79. The number of ether oxygens (including phenoxy) is 1. The molecule has 0 aliphatic rings. The molecule has 130 valence electrons. The van der Waals surface area contributed by atoms with E-state index in [1.807, 2.05) is 0 Å². The van der Waals surface area contributed by atoms with Gasteiger partial charge in [-0.05, 0) is 35.9 Å². The third kappa shape index (κ3) is 5.61. The van der Waals surface area contributed by atoms with Crippen LogP contribution in [0.2, 0.25) is 5.02 Å². The Kier molecular flexibility index (Phi) is 6.54. The van der Waals surface area contributed by atoms with E-state index < -0.39 is 5.97 Å². The van der Waals surface area contributed by atoms with Gasteiger partial charge in [-0.3, -0.25) is 9.59 Å². The molecule has 0 fully saturated rings. The molecular weight excluding hydrogens is 344 g/mol. The van der Waals surface area contributed by atoms with Gasteiger partial charge >= 0.3 is 5.97 Å². The Morgan fingerprint density at radius 3 is 2.36 bits per heavy atom. The van der Waals surface area contributed by atoms with Crippen molar-refractivity contribution in [2.45, 2.75) is 6.54 Å². The summed E-state index contributed by atoms with van der Waals surface area (Å²) in [6.07, 6.45) is 0. The lowest BCUT2D eigenvalue weighted by Gasteiger charge is -2.08. The average molecular weight is 361 g/mol. The highest BCUT2D eigenvalue weighted by molar-refractivity contribution is 6.30. The number of esters is 1. The quantitative estimate of drug-likeness (QED) is 0.773. The van der Waals surface area contributed by atoms with E-state index in [2.05, 4.69) is 15.4 Å². The van der Waals surface area contributed by atoms with Crippen molar-refractivity contribution < 1.29 is 19.1 Å². The number of rotatable bonds is 6. The predicted molar refractivity (Wildman–Crippen MR) is 93.4 cm³/mol. The molecule has 2 aromatic rings. The molecule has 25 heavy (non-hydrogen) atoms. The lowest BCUT2D eigenvalue weighted by atomic mass is 10.1. The van der Waals surface area contributed by atoms with Gasteiger partial charge in [-0.2, -0.15) is 0 Å². The Morgan fingerprint density at radius 1 is 1.00 bits per heavy atom. The molecule has 0 aromatic heterocycles. The van der Waals surface area contributed by atoms with Crippen LogP contribution in [-0.4, -0.2) is 31.4 Å². The summed E-state index contributed by atoms with van der Waals surface area (Å²) in [4.78, 5) is 35.1. The molecule has 2 aromatic carbocycles. The Bertz CT molecular complexity index is 775. The zero-order valence-electron chi connectivity index (χ0n) is 13.5. The average Bonchev–Trinajstić information content (AvgIpc) is 2.64. The van der Waals surface area contributed by atoms with Gasteiger partial charge in [0, 0.05) is 17.1 Å². The Labute approximate surface area is 150 Å². The number of methoxy groups -OCH3 is 1. The van der Waals surface area contributed by atoms with Crippen LogP contribution in [0.4, 0.5) is 0 Å². The van der Waals surface area contributed by atoms with Crippen LogP contribution < -0.4 is 10.6 Å². The highest BCUT2D eigenvalue weighted by Gasteiger charge is 2.09. The van der Waals surface area contributed by atoms with Crippen LogP contribution in [0.5, 0.6) is 0 Å². The number of amides is 2. The van der Waals surface area contributed by atoms with Gasteiger partial charge in [0.1, 0.15) is 0 Å². The summed E-state index contributed by atoms with van der Waals surface area (Å²) < 4.78 is 4.62. The van der Waals surface area contributed by atoms with Gasteiger partial charge in [0.2, 0.25) is 5.91 Å². The fourth-order valence-corrected chi connectivity index (χ4v) is 2.22. The van der Waals surface area contributed by atoms with Crippen molar-refractivity contribution >= 4 is 29.4 Å². The van der Waals surface area contributed by atoms with Crippen LogP contribution in [0.3, 0.4) is 0 Å². The molecule has 2 rings (SSSR count). The van der Waals surface area contributed by atoms with E-state index in [4.69, 9.17) is 11.6 Å². The van der Waals surface area contributed by atoms with Gasteiger partial charge in [0.25, 0.3) is 5.91 Å². The second-order valence-electron chi connectivity index (χ2n) is 5.16. The maximum atomic E-state index is 11.9. The summed E-state index contributed by atoms with van der Waals surface area (Å²) in [6, 6.07) is 13.1. The monoisotopic (exact) mass is 360 g/mol. The number of hydrogen-bond acceptors (Lipinski definition) is 4. The summed E-state index contributed by atoms with van der Waals surface area (Å²) in [6.45, 7) is 0.138. The molecule has 0 spiro atoms. The van der Waals surface area contributed by atoms with Crippen molar-refractivity contribution in [2.24, 2.45) is 0 Å². The van der Waals surface area contributed by atoms with Crippen LogP contribution in [-0.2, 0) is 16.1 Å². The van der Waals surface area contributed by atoms with E-state index in [0.717, 1.165) is 5.56 Å². The van der Waals surface area contributed by atoms with Crippen molar-refractivity contribution in [1.82, 2.24) is 10.6 Å². The lowest BCUT2D eigenvalue weighted by Crippen LogP contribution is -2.36. The standard InChI is InChI=1S/C18H17ClN2O4/c1-25-18(24)13-7-5-12(6-8-13)10-20-16(22)11-21-17(23)14-3-2-4-15(19)9-14/h2-9H,10-11H2,1H3,(H,20,22)(H,21,23). The van der Waals surface area contributed by atoms with Gasteiger partial charge < -0.3 is 15.4 Å². The van der Waals surface area contributed by atoms with Crippen molar-refractivity contribution in [3.8, 4) is 0 Å². The minimum absolute atomic E-state index is 0.147. The fraction of sp³-hybridized carbons (Fsp3) is 0.167. The molecule has 0 saturated heterocycles. The molecule has 0 saturated carbocycles. The van der Waals surface area contributed by atoms with Crippen LogP contribution in [0.25, 0.3) is 0 Å². The third-order valence-corrected chi connectivity index (χ3v) is 3.60. The number of nitrogens with one attached hydrogen (secondary N) is 2. The number of carbonyl (C=O) groups is 3. The predicted octanol–water partition coefficient (Wildman–Crippen LogP) is 2.17. The van der Waals surface area contributed by atoms with E-state index >= 15 is 0 Å². The zero-order chi connectivity index (χ0) is 18.2. The third-order valence-electron chi connectivity index (χ3n) is 3.36. The molecule has 0 aliphatic carbocycles. The first kappa shape index (κ1) is 18.5. The van der Waals surface area contributed by atoms with Crippen LogP contribution in [0, 0.1) is 0 Å². The molecule has 6 nitrogen and oxygen atoms in total. The van der Waals surface area contributed by atoms with E-state index in [9.17, 15) is 14.4 Å². The van der Waals surface area contributed by atoms with Crippen molar-refractivity contribution in [1.29, 1.82) is 0 Å². The molecular formula is C18H17ClN2O4. The normalized spacial score (nSPS) is 10.0. The number of carbonyl (C=O) groups excluding carboxylic acids is 3. The van der Waals surface area contributed by atoms with Crippen LogP contribution in [0.15, 0.2) is 48.5 Å². The zero-order valence-corrected chi connectivity index (χ0v) is 14.3. The lowest BCUT2D eigenvalue weighted by molar-refractivity contribution is -0.120. The van der Waals surface area contributed by atoms with Crippen molar-refractivity contribution in [3.05, 3.63) is 70.2 Å². The number of halogens is 1. The number of hydrogen-bond donors (Lipinski definition) is 2. The molecule has 0 atom stereocenters. The molecule has 0 unspecified atom stereocenters. The second kappa shape index (κ2) is 8.84. The van der Waals surface area contributed by atoms with E-state index in [0.29, 0.717) is 16.1 Å². The maximum Gasteiger partial charge on any atom is 0.337 e. The SMILES string of the molecule is COC(=O)c1ccc(CNC(=O)CNC(=O)c2cccc(Cl)c2)cc1. The highest BCUT2D eigenvalue weighted by Crippen LogP contribution is 2.10.